The smallest absolute Gasteiger partial charge is 0.248 e. The second kappa shape index (κ2) is 12.5. The van der Waals surface area contributed by atoms with Crippen LogP contribution in [0.2, 0.25) is 0 Å². The first-order chi connectivity index (χ1) is 19.7. The molecule has 3 fully saturated rings. The summed E-state index contributed by atoms with van der Waals surface area (Å²) in [4.78, 5) is 48.4. The van der Waals surface area contributed by atoms with Crippen LogP contribution in [0.4, 0.5) is 0 Å². The SMILES string of the molecule is C=CCN(C)C(=O)[C@H]1[C@H]2C(=O)N([C@@H](CO)Cc3ccccc3)C(C(=O)N(CC=C)C(C)CCC)C23CC[C@]1(CC)O3. The van der Waals surface area contributed by atoms with E-state index in [2.05, 4.69) is 20.1 Å². The molecule has 3 aliphatic rings. The number of likely N-dealkylation sites (N-methyl/N-ethyl adjacent to an activating group) is 1. The summed E-state index contributed by atoms with van der Waals surface area (Å²) in [5.41, 5.74) is -1.00. The van der Waals surface area contributed by atoms with Crippen LogP contribution in [0.15, 0.2) is 55.6 Å². The Morgan fingerprint density at radius 1 is 1.15 bits per heavy atom. The minimum Gasteiger partial charge on any atom is -0.394 e. The summed E-state index contributed by atoms with van der Waals surface area (Å²) >= 11 is 0. The zero-order valence-electron chi connectivity index (χ0n) is 25.1. The summed E-state index contributed by atoms with van der Waals surface area (Å²) in [5.74, 6) is -2.16. The summed E-state index contributed by atoms with van der Waals surface area (Å²) < 4.78 is 6.94. The molecule has 3 unspecified atom stereocenters. The second-order valence-corrected chi connectivity index (χ2v) is 12.0. The number of benzene rings is 1. The zero-order chi connectivity index (χ0) is 29.9. The maximum absolute atomic E-state index is 14.7. The molecule has 2 bridgehead atoms. The number of aliphatic hydroxyl groups excluding tert-OH is 1. The Hall–Kier alpha value is -2.97. The van der Waals surface area contributed by atoms with Crippen LogP contribution in [0.5, 0.6) is 0 Å². The molecule has 41 heavy (non-hydrogen) atoms. The van der Waals surface area contributed by atoms with Gasteiger partial charge in [0.1, 0.15) is 11.6 Å². The third-order valence-corrected chi connectivity index (χ3v) is 9.66. The third-order valence-electron chi connectivity index (χ3n) is 9.66. The number of hydrogen-bond acceptors (Lipinski definition) is 5. The van der Waals surface area contributed by atoms with Crippen molar-refractivity contribution in [3.63, 3.8) is 0 Å². The number of carbonyl (C=O) groups is 3. The van der Waals surface area contributed by atoms with Crippen LogP contribution in [0, 0.1) is 11.8 Å². The minimum absolute atomic E-state index is 0.0745. The number of carbonyl (C=O) groups excluding carboxylic acids is 3. The van der Waals surface area contributed by atoms with Crippen molar-refractivity contribution in [2.24, 2.45) is 11.8 Å². The van der Waals surface area contributed by atoms with E-state index in [1.165, 1.54) is 0 Å². The molecule has 1 aromatic carbocycles. The zero-order valence-corrected chi connectivity index (χ0v) is 25.1. The summed E-state index contributed by atoms with van der Waals surface area (Å²) in [7, 11) is 1.72. The third kappa shape index (κ3) is 5.14. The van der Waals surface area contributed by atoms with Gasteiger partial charge in [0.05, 0.1) is 30.1 Å². The van der Waals surface area contributed by atoms with Crippen LogP contribution < -0.4 is 0 Å². The van der Waals surface area contributed by atoms with E-state index in [4.69, 9.17) is 4.74 Å². The summed E-state index contributed by atoms with van der Waals surface area (Å²) in [5, 5.41) is 10.7. The molecule has 0 aromatic heterocycles. The molecule has 3 saturated heterocycles. The van der Waals surface area contributed by atoms with Gasteiger partial charge in [-0.05, 0) is 44.6 Å². The fraction of sp³-hybridized carbons (Fsp3) is 0.606. The van der Waals surface area contributed by atoms with Gasteiger partial charge in [-0.1, -0.05) is 62.8 Å². The lowest BCUT2D eigenvalue weighted by atomic mass is 9.64. The van der Waals surface area contributed by atoms with Crippen molar-refractivity contribution in [3.8, 4) is 0 Å². The number of amides is 3. The highest BCUT2D eigenvalue weighted by atomic mass is 16.5. The molecule has 3 aliphatic heterocycles. The molecule has 1 N–H and O–H groups in total. The van der Waals surface area contributed by atoms with Gasteiger partial charge >= 0.3 is 0 Å². The molecule has 8 nitrogen and oxygen atoms in total. The number of rotatable bonds is 14. The molecule has 7 atom stereocenters. The molecule has 0 radical (unpaired) electrons. The van der Waals surface area contributed by atoms with Crippen LogP contribution in [0.1, 0.15) is 58.4 Å². The first kappa shape index (κ1) is 31.0. The monoisotopic (exact) mass is 565 g/mol. The van der Waals surface area contributed by atoms with E-state index in [1.54, 1.807) is 33.9 Å². The lowest BCUT2D eigenvalue weighted by Gasteiger charge is -2.41. The van der Waals surface area contributed by atoms with Gasteiger partial charge in [0.25, 0.3) is 0 Å². The lowest BCUT2D eigenvalue weighted by molar-refractivity contribution is -0.158. The van der Waals surface area contributed by atoms with Crippen molar-refractivity contribution in [2.75, 3.05) is 26.7 Å². The molecule has 224 valence electrons. The first-order valence-corrected chi connectivity index (χ1v) is 15.1. The van der Waals surface area contributed by atoms with Crippen molar-refractivity contribution in [1.82, 2.24) is 14.7 Å². The van der Waals surface area contributed by atoms with Gasteiger partial charge in [-0.2, -0.15) is 0 Å². The molecule has 3 amide bonds. The van der Waals surface area contributed by atoms with Crippen molar-refractivity contribution in [1.29, 1.82) is 0 Å². The fourth-order valence-corrected chi connectivity index (χ4v) is 7.72. The van der Waals surface area contributed by atoms with E-state index in [1.807, 2.05) is 44.2 Å². The second-order valence-electron chi connectivity index (χ2n) is 12.0. The average molecular weight is 566 g/mol. The van der Waals surface area contributed by atoms with E-state index < -0.39 is 35.1 Å². The standard InChI is InChI=1S/C33H47N3O5/c1-7-14-23(5)35(20-9-3)31(40)28-33-18-17-32(10-4,41-33)26(29(38)34(6)19-8-2)27(33)30(39)36(28)25(22-37)21-24-15-12-11-13-16-24/h8-9,11-13,15-16,23,25-28,37H,2-3,7,10,14,17-22H2,1,4-6H3/t23?,25-,26-,27+,28?,32+,33?/m1/s1. The maximum atomic E-state index is 14.7. The number of hydrogen-bond donors (Lipinski definition) is 1. The van der Waals surface area contributed by atoms with E-state index in [-0.39, 0.29) is 30.4 Å². The van der Waals surface area contributed by atoms with Gasteiger partial charge in [0.15, 0.2) is 0 Å². The van der Waals surface area contributed by atoms with Crippen LogP contribution in [0.25, 0.3) is 0 Å². The molecular weight excluding hydrogens is 518 g/mol. The van der Waals surface area contributed by atoms with Crippen LogP contribution >= 0.6 is 0 Å². The lowest BCUT2D eigenvalue weighted by Crippen LogP contribution is -2.60. The Morgan fingerprint density at radius 2 is 1.83 bits per heavy atom. The van der Waals surface area contributed by atoms with Gasteiger partial charge in [0.2, 0.25) is 17.7 Å². The topological polar surface area (TPSA) is 90.4 Å². The molecule has 8 heteroatoms. The highest BCUT2D eigenvalue weighted by Gasteiger charge is 2.79. The molecule has 0 aliphatic carbocycles. The Balaban J connectivity index is 1.85. The average Bonchev–Trinajstić information content (AvgIpc) is 3.58. The molecular formula is C33H47N3O5. The number of aliphatic hydroxyl groups is 1. The van der Waals surface area contributed by atoms with Crippen molar-refractivity contribution < 1.29 is 24.2 Å². The number of fused-ring (bicyclic) bond motifs is 1. The number of ether oxygens (including phenoxy) is 1. The Morgan fingerprint density at radius 3 is 2.41 bits per heavy atom. The highest BCUT2D eigenvalue weighted by molar-refractivity contribution is 5.99. The Kier molecular flexibility index (Phi) is 9.44. The predicted molar refractivity (Wildman–Crippen MR) is 159 cm³/mol. The quantitative estimate of drug-likeness (QED) is 0.348. The van der Waals surface area contributed by atoms with Crippen molar-refractivity contribution in [3.05, 3.63) is 61.2 Å². The highest BCUT2D eigenvalue weighted by Crippen LogP contribution is 2.65. The molecule has 1 aromatic rings. The van der Waals surface area contributed by atoms with Gasteiger partial charge in [-0.15, -0.1) is 13.2 Å². The van der Waals surface area contributed by atoms with Crippen molar-refractivity contribution >= 4 is 17.7 Å². The maximum Gasteiger partial charge on any atom is 0.248 e. The molecule has 1 spiro atoms. The number of likely N-dealkylation sites (tertiary alicyclic amines) is 1. The predicted octanol–water partition coefficient (Wildman–Crippen LogP) is 3.59. The van der Waals surface area contributed by atoms with E-state index >= 15 is 0 Å². The van der Waals surface area contributed by atoms with Gasteiger partial charge in [-0.3, -0.25) is 14.4 Å². The normalized spacial score (nSPS) is 29.6. The van der Waals surface area contributed by atoms with Crippen LogP contribution in [-0.2, 0) is 25.5 Å². The van der Waals surface area contributed by atoms with Crippen LogP contribution in [0.3, 0.4) is 0 Å². The minimum atomic E-state index is -1.14. The van der Waals surface area contributed by atoms with Gasteiger partial charge in [-0.25, -0.2) is 0 Å². The molecule has 3 heterocycles. The summed E-state index contributed by atoms with van der Waals surface area (Å²) in [6.07, 6.45) is 7.13. The largest absolute Gasteiger partial charge is 0.394 e. The fourth-order valence-electron chi connectivity index (χ4n) is 7.72. The van der Waals surface area contributed by atoms with Gasteiger partial charge in [0, 0.05) is 26.2 Å². The Bertz CT molecular complexity index is 1140. The molecule has 0 saturated carbocycles. The summed E-state index contributed by atoms with van der Waals surface area (Å²) in [6.45, 7) is 14.1. The Labute approximate surface area is 245 Å². The van der Waals surface area contributed by atoms with E-state index in [9.17, 15) is 19.5 Å². The van der Waals surface area contributed by atoms with E-state index in [0.717, 1.165) is 18.4 Å². The van der Waals surface area contributed by atoms with Crippen molar-refractivity contribution in [2.45, 2.75) is 88.6 Å². The number of nitrogens with zero attached hydrogens (tertiary/aromatic N) is 3. The van der Waals surface area contributed by atoms with Crippen LogP contribution in [-0.4, -0.2) is 93.6 Å². The summed E-state index contributed by atoms with van der Waals surface area (Å²) in [6, 6.07) is 8.00. The van der Waals surface area contributed by atoms with Gasteiger partial charge < -0.3 is 24.5 Å². The first-order valence-electron chi connectivity index (χ1n) is 15.1. The van der Waals surface area contributed by atoms with E-state index in [0.29, 0.717) is 38.8 Å². The molecule has 4 rings (SSSR count).